The summed E-state index contributed by atoms with van der Waals surface area (Å²) in [5, 5.41) is 0. The monoisotopic (exact) mass is 312 g/mol. The summed E-state index contributed by atoms with van der Waals surface area (Å²) in [4.78, 5) is 0. The highest BCUT2D eigenvalue weighted by Gasteiger charge is 2.03. The van der Waals surface area contributed by atoms with Crippen LogP contribution in [0.1, 0.15) is 25.0 Å². The first-order valence-corrected chi connectivity index (χ1v) is 8.17. The first-order chi connectivity index (χ1) is 11.7. The van der Waals surface area contributed by atoms with Gasteiger partial charge in [-0.2, -0.15) is 0 Å². The van der Waals surface area contributed by atoms with Crippen LogP contribution in [0.5, 0.6) is 0 Å². The zero-order chi connectivity index (χ0) is 17.2. The molecule has 0 aliphatic rings. The molecule has 0 heteroatoms. The van der Waals surface area contributed by atoms with E-state index in [0.29, 0.717) is 0 Å². The van der Waals surface area contributed by atoms with E-state index < -0.39 is 0 Å². The van der Waals surface area contributed by atoms with E-state index in [4.69, 9.17) is 0 Å². The number of rotatable bonds is 6. The summed E-state index contributed by atoms with van der Waals surface area (Å²) in [6.45, 7) is 7.92. The van der Waals surface area contributed by atoms with E-state index in [0.717, 1.165) is 5.57 Å². The van der Waals surface area contributed by atoms with Crippen LogP contribution in [-0.2, 0) is 0 Å². The lowest BCUT2D eigenvalue weighted by atomic mass is 9.96. The number of hydrogen-bond acceptors (Lipinski definition) is 0. The van der Waals surface area contributed by atoms with Crippen molar-refractivity contribution in [2.24, 2.45) is 0 Å². The number of hydrogen-bond donors (Lipinski definition) is 0. The van der Waals surface area contributed by atoms with Crippen LogP contribution in [0.4, 0.5) is 0 Å². The lowest BCUT2D eigenvalue weighted by Crippen LogP contribution is -1.88. The molecule has 0 bridgehead atoms. The predicted octanol–water partition coefficient (Wildman–Crippen LogP) is 6.75. The van der Waals surface area contributed by atoms with Crippen molar-refractivity contribution in [1.29, 1.82) is 0 Å². The molecule has 2 aromatic rings. The van der Waals surface area contributed by atoms with Crippen LogP contribution < -0.4 is 0 Å². The summed E-state index contributed by atoms with van der Waals surface area (Å²) in [5.41, 5.74) is 6.04. The fourth-order valence-electron chi connectivity index (χ4n) is 2.33. The van der Waals surface area contributed by atoms with Gasteiger partial charge in [-0.05, 0) is 30.5 Å². The summed E-state index contributed by atoms with van der Waals surface area (Å²) in [6, 6.07) is 21.0. The molecule has 0 fully saturated rings. The van der Waals surface area contributed by atoms with Crippen LogP contribution in [0.25, 0.3) is 5.57 Å². The highest BCUT2D eigenvalue weighted by molar-refractivity contribution is 5.81. The second-order valence-corrected chi connectivity index (χ2v) is 5.70. The topological polar surface area (TPSA) is 0 Å². The largest absolute Gasteiger partial charge is 0.0988 e. The molecule has 0 aromatic heterocycles. The van der Waals surface area contributed by atoms with Crippen molar-refractivity contribution in [3.05, 3.63) is 126 Å². The molecule has 0 atom stereocenters. The Kier molecular flexibility index (Phi) is 6.79. The summed E-state index contributed by atoms with van der Waals surface area (Å²) >= 11 is 0. The van der Waals surface area contributed by atoms with Gasteiger partial charge in [-0.15, -0.1) is 0 Å². The number of benzene rings is 2. The minimum absolute atomic E-state index is 1.15. The van der Waals surface area contributed by atoms with E-state index in [2.05, 4.69) is 86.3 Å². The molecule has 0 N–H and O–H groups in total. The van der Waals surface area contributed by atoms with Crippen LogP contribution in [0, 0.1) is 0 Å². The van der Waals surface area contributed by atoms with E-state index >= 15 is 0 Å². The van der Waals surface area contributed by atoms with Crippen molar-refractivity contribution in [3.63, 3.8) is 0 Å². The average Bonchev–Trinajstić information content (AvgIpc) is 2.64. The van der Waals surface area contributed by atoms with Gasteiger partial charge in [0.05, 0.1) is 0 Å². The molecule has 0 aliphatic heterocycles. The molecule has 0 nitrogen and oxygen atoms in total. The molecule has 0 heterocycles. The molecule has 0 radical (unpaired) electrons. The molecule has 0 spiro atoms. The van der Waals surface area contributed by atoms with Crippen molar-refractivity contribution < 1.29 is 0 Å². The molecular weight excluding hydrogens is 288 g/mol. The van der Waals surface area contributed by atoms with Crippen molar-refractivity contribution in [1.82, 2.24) is 0 Å². The smallest absolute Gasteiger partial charge is 0.0109 e. The van der Waals surface area contributed by atoms with Crippen LogP contribution in [0.2, 0.25) is 0 Å². The first-order valence-electron chi connectivity index (χ1n) is 8.17. The van der Waals surface area contributed by atoms with Crippen LogP contribution in [0.15, 0.2) is 115 Å². The minimum Gasteiger partial charge on any atom is -0.0988 e. The summed E-state index contributed by atoms with van der Waals surface area (Å²) in [7, 11) is 0. The minimum atomic E-state index is 1.15. The van der Waals surface area contributed by atoms with Crippen molar-refractivity contribution in [3.8, 4) is 0 Å². The van der Waals surface area contributed by atoms with Gasteiger partial charge in [-0.25, -0.2) is 0 Å². The van der Waals surface area contributed by atoms with E-state index in [1.807, 2.05) is 31.2 Å². The molecule has 24 heavy (non-hydrogen) atoms. The first kappa shape index (κ1) is 17.5. The van der Waals surface area contributed by atoms with Crippen LogP contribution in [-0.4, -0.2) is 0 Å². The Labute approximate surface area is 145 Å². The van der Waals surface area contributed by atoms with Gasteiger partial charge in [0, 0.05) is 0 Å². The standard InChI is InChI=1S/C24H24/c1-4-20(2)13-11-12-14-21(3)19-24(22-15-7-5-8-16-22)23-17-9-6-10-18-23/h4-19H,1H2,2-3H3/b12-11+,20-13+,21-14-. The summed E-state index contributed by atoms with van der Waals surface area (Å²) in [5.74, 6) is 0. The molecule has 0 amide bonds. The fourth-order valence-corrected chi connectivity index (χ4v) is 2.33. The SMILES string of the molecule is C=C/C(C)=C/C=C/C=C(/C)C=C(c1ccccc1)c1ccccc1. The maximum absolute atomic E-state index is 3.75. The Bertz CT molecular complexity index is 728. The van der Waals surface area contributed by atoms with Gasteiger partial charge in [0.1, 0.15) is 0 Å². The summed E-state index contributed by atoms with van der Waals surface area (Å²) < 4.78 is 0. The Morgan fingerprint density at radius 2 is 1.17 bits per heavy atom. The lowest BCUT2D eigenvalue weighted by Gasteiger charge is -2.09. The average molecular weight is 312 g/mol. The molecule has 2 aromatic carbocycles. The molecule has 0 saturated heterocycles. The highest BCUT2D eigenvalue weighted by Crippen LogP contribution is 2.24. The third-order valence-corrected chi connectivity index (χ3v) is 3.69. The normalized spacial score (nSPS) is 12.2. The Morgan fingerprint density at radius 1 is 0.708 bits per heavy atom. The van der Waals surface area contributed by atoms with Gasteiger partial charge in [0.15, 0.2) is 0 Å². The van der Waals surface area contributed by atoms with Gasteiger partial charge >= 0.3 is 0 Å². The van der Waals surface area contributed by atoms with Gasteiger partial charge in [-0.3, -0.25) is 0 Å². The molecule has 0 unspecified atom stereocenters. The van der Waals surface area contributed by atoms with Crippen LogP contribution in [0.3, 0.4) is 0 Å². The van der Waals surface area contributed by atoms with Crippen molar-refractivity contribution in [2.75, 3.05) is 0 Å². The predicted molar refractivity (Wildman–Crippen MR) is 107 cm³/mol. The zero-order valence-corrected chi connectivity index (χ0v) is 14.4. The second kappa shape index (κ2) is 9.32. The van der Waals surface area contributed by atoms with Gasteiger partial charge < -0.3 is 0 Å². The van der Waals surface area contributed by atoms with E-state index in [-0.39, 0.29) is 0 Å². The maximum Gasteiger partial charge on any atom is -0.0109 e. The van der Waals surface area contributed by atoms with Crippen LogP contribution >= 0.6 is 0 Å². The Balaban J connectivity index is 2.33. The third kappa shape index (κ3) is 5.40. The third-order valence-electron chi connectivity index (χ3n) is 3.69. The molecule has 0 aliphatic carbocycles. The van der Waals surface area contributed by atoms with Gasteiger partial charge in [-0.1, -0.05) is 115 Å². The lowest BCUT2D eigenvalue weighted by molar-refractivity contribution is 1.48. The Hall–Kier alpha value is -2.86. The van der Waals surface area contributed by atoms with Gasteiger partial charge in [0.2, 0.25) is 0 Å². The second-order valence-electron chi connectivity index (χ2n) is 5.70. The van der Waals surface area contributed by atoms with Crippen molar-refractivity contribution >= 4 is 5.57 Å². The number of allylic oxidation sites excluding steroid dienone is 8. The van der Waals surface area contributed by atoms with Gasteiger partial charge in [0.25, 0.3) is 0 Å². The molecular formula is C24H24. The molecule has 0 saturated carbocycles. The quantitative estimate of drug-likeness (QED) is 0.517. The Morgan fingerprint density at radius 3 is 1.62 bits per heavy atom. The highest BCUT2D eigenvalue weighted by atomic mass is 14.1. The zero-order valence-electron chi connectivity index (χ0n) is 14.4. The van der Waals surface area contributed by atoms with Crippen molar-refractivity contribution in [2.45, 2.75) is 13.8 Å². The van der Waals surface area contributed by atoms with E-state index in [1.165, 1.54) is 22.3 Å². The molecule has 120 valence electrons. The fraction of sp³-hybridized carbons (Fsp3) is 0.0833. The van der Waals surface area contributed by atoms with E-state index in [1.54, 1.807) is 0 Å². The summed E-state index contributed by atoms with van der Waals surface area (Å²) in [6.07, 6.45) is 12.4. The maximum atomic E-state index is 3.75. The van der Waals surface area contributed by atoms with E-state index in [9.17, 15) is 0 Å². The molecule has 2 rings (SSSR count).